The van der Waals surface area contributed by atoms with Crippen molar-refractivity contribution in [2.24, 2.45) is 0 Å². The van der Waals surface area contributed by atoms with Crippen LogP contribution in [0.4, 0.5) is 0 Å². The average Bonchev–Trinajstić information content (AvgIpc) is 3.21. The second-order valence-electron chi connectivity index (χ2n) is 4.66. The van der Waals surface area contributed by atoms with E-state index in [1.807, 2.05) is 18.2 Å². The van der Waals surface area contributed by atoms with E-state index in [-0.39, 0.29) is 0 Å². The quantitative estimate of drug-likeness (QED) is 0.594. The van der Waals surface area contributed by atoms with Crippen LogP contribution < -0.4 is 0 Å². The molecule has 3 nitrogen and oxygen atoms in total. The van der Waals surface area contributed by atoms with Gasteiger partial charge in [-0.2, -0.15) is 0 Å². The third-order valence-electron chi connectivity index (χ3n) is 3.02. The van der Waals surface area contributed by atoms with E-state index in [0.717, 1.165) is 36.1 Å². The lowest BCUT2D eigenvalue weighted by Crippen LogP contribution is -2.22. The Morgan fingerprint density at radius 3 is 2.90 bits per heavy atom. The second kappa shape index (κ2) is 6.85. The molecule has 21 heavy (non-hydrogen) atoms. The predicted molar refractivity (Wildman–Crippen MR) is 88.4 cm³/mol. The maximum absolute atomic E-state index is 5.39. The summed E-state index contributed by atoms with van der Waals surface area (Å²) >= 11 is 3.40. The maximum atomic E-state index is 5.39. The van der Waals surface area contributed by atoms with E-state index in [1.54, 1.807) is 28.9 Å². The normalized spacial score (nSPS) is 11.1. The summed E-state index contributed by atoms with van der Waals surface area (Å²) in [4.78, 5) is 8.35. The van der Waals surface area contributed by atoms with Gasteiger partial charge in [0.25, 0.3) is 0 Å². The number of nitrogens with zero attached hydrogens (tertiary/aromatic N) is 2. The van der Waals surface area contributed by atoms with Gasteiger partial charge in [-0.15, -0.1) is 29.3 Å². The van der Waals surface area contributed by atoms with Crippen LogP contribution in [0.25, 0.3) is 10.8 Å². The van der Waals surface area contributed by atoms with Crippen molar-refractivity contribution in [3.63, 3.8) is 0 Å². The minimum absolute atomic E-state index is 0.821. The first-order valence-electron chi connectivity index (χ1n) is 6.69. The zero-order valence-corrected chi connectivity index (χ0v) is 13.2. The van der Waals surface area contributed by atoms with E-state index in [1.165, 1.54) is 4.88 Å². The molecule has 3 aromatic rings. The van der Waals surface area contributed by atoms with Crippen molar-refractivity contribution >= 4 is 22.7 Å². The first-order chi connectivity index (χ1) is 10.3. The van der Waals surface area contributed by atoms with Crippen LogP contribution in [0.2, 0.25) is 0 Å². The number of hydrogen-bond acceptors (Lipinski definition) is 5. The Hall–Kier alpha value is -1.69. The minimum atomic E-state index is 0.821. The lowest BCUT2D eigenvalue weighted by atomic mass is 10.3. The fraction of sp³-hybridized carbons (Fsp3) is 0.188. The second-order valence-corrected chi connectivity index (χ2v) is 6.55. The van der Waals surface area contributed by atoms with Crippen LogP contribution >= 0.6 is 22.7 Å². The zero-order chi connectivity index (χ0) is 14.5. The molecule has 108 valence electrons. The molecule has 0 bridgehead atoms. The molecule has 0 saturated carbocycles. The summed E-state index contributed by atoms with van der Waals surface area (Å²) in [6, 6.07) is 8.08. The minimum Gasteiger partial charge on any atom is -0.462 e. The van der Waals surface area contributed by atoms with Crippen LogP contribution in [0.1, 0.15) is 10.6 Å². The molecule has 0 spiro atoms. The number of aromatic nitrogens is 1. The van der Waals surface area contributed by atoms with Gasteiger partial charge >= 0.3 is 0 Å². The third kappa shape index (κ3) is 3.69. The highest BCUT2D eigenvalue weighted by Crippen LogP contribution is 2.25. The van der Waals surface area contributed by atoms with E-state index in [2.05, 4.69) is 39.4 Å². The standard InChI is InChI=1S/C16H16N2OS2/c1-2-7-18(11-14-5-4-9-20-14)10-13-12-21-16(17-13)15-6-3-8-19-15/h2-6,8-9,12H,1,7,10-11H2. The molecule has 0 radical (unpaired) electrons. The summed E-state index contributed by atoms with van der Waals surface area (Å²) in [5.41, 5.74) is 1.07. The Labute approximate surface area is 132 Å². The SMILES string of the molecule is C=CCN(Cc1csc(-c2ccco2)n1)Cc1cccs1. The lowest BCUT2D eigenvalue weighted by molar-refractivity contribution is 0.286. The topological polar surface area (TPSA) is 29.3 Å². The van der Waals surface area contributed by atoms with Gasteiger partial charge in [0.1, 0.15) is 0 Å². The zero-order valence-electron chi connectivity index (χ0n) is 11.6. The monoisotopic (exact) mass is 316 g/mol. The Morgan fingerprint density at radius 1 is 1.24 bits per heavy atom. The molecule has 3 rings (SSSR count). The van der Waals surface area contributed by atoms with Gasteiger partial charge in [-0.3, -0.25) is 4.90 Å². The maximum Gasteiger partial charge on any atom is 0.162 e. The molecule has 3 aromatic heterocycles. The molecule has 3 heterocycles. The Balaban J connectivity index is 1.69. The number of thiazole rings is 1. The van der Waals surface area contributed by atoms with Crippen molar-refractivity contribution in [3.8, 4) is 10.8 Å². The van der Waals surface area contributed by atoms with E-state index < -0.39 is 0 Å². The highest BCUT2D eigenvalue weighted by atomic mass is 32.1. The van der Waals surface area contributed by atoms with E-state index >= 15 is 0 Å². The molecule has 0 fully saturated rings. The summed E-state index contributed by atoms with van der Waals surface area (Å²) in [6.45, 7) is 6.45. The molecule has 5 heteroatoms. The lowest BCUT2D eigenvalue weighted by Gasteiger charge is -2.18. The summed E-state index contributed by atoms with van der Waals surface area (Å²) in [6.07, 6.45) is 3.62. The number of thiophene rings is 1. The smallest absolute Gasteiger partial charge is 0.162 e. The molecular formula is C16H16N2OS2. The molecular weight excluding hydrogens is 300 g/mol. The van der Waals surface area contributed by atoms with E-state index in [0.29, 0.717) is 0 Å². The highest BCUT2D eigenvalue weighted by molar-refractivity contribution is 7.13. The third-order valence-corrected chi connectivity index (χ3v) is 4.78. The predicted octanol–water partition coefficient (Wildman–Crippen LogP) is 4.65. The van der Waals surface area contributed by atoms with Gasteiger partial charge in [0, 0.05) is 29.9 Å². The van der Waals surface area contributed by atoms with Crippen LogP contribution in [-0.2, 0) is 13.1 Å². The molecule has 0 aliphatic rings. The number of hydrogen-bond donors (Lipinski definition) is 0. The van der Waals surface area contributed by atoms with Crippen molar-refractivity contribution < 1.29 is 4.42 Å². The number of rotatable bonds is 7. The van der Waals surface area contributed by atoms with Crippen LogP contribution in [0.3, 0.4) is 0 Å². The van der Waals surface area contributed by atoms with Crippen molar-refractivity contribution in [1.82, 2.24) is 9.88 Å². The largest absolute Gasteiger partial charge is 0.462 e. The molecule has 0 aromatic carbocycles. The van der Waals surface area contributed by atoms with Crippen molar-refractivity contribution in [3.05, 3.63) is 64.5 Å². The van der Waals surface area contributed by atoms with Crippen LogP contribution in [0, 0.1) is 0 Å². The van der Waals surface area contributed by atoms with Crippen LogP contribution in [0.15, 0.2) is 58.4 Å². The van der Waals surface area contributed by atoms with Crippen LogP contribution in [0.5, 0.6) is 0 Å². The molecule has 0 aliphatic heterocycles. The summed E-state index contributed by atoms with van der Waals surface area (Å²) in [5.74, 6) is 0.833. The van der Waals surface area contributed by atoms with Gasteiger partial charge in [-0.25, -0.2) is 4.98 Å². The van der Waals surface area contributed by atoms with Gasteiger partial charge < -0.3 is 4.42 Å². The van der Waals surface area contributed by atoms with Gasteiger partial charge in [0.05, 0.1) is 12.0 Å². The van der Waals surface area contributed by atoms with Gasteiger partial charge in [-0.05, 0) is 23.6 Å². The molecule has 0 unspecified atom stereocenters. The van der Waals surface area contributed by atoms with Gasteiger partial charge in [0.15, 0.2) is 10.8 Å². The van der Waals surface area contributed by atoms with E-state index in [4.69, 9.17) is 4.42 Å². The summed E-state index contributed by atoms with van der Waals surface area (Å²) in [7, 11) is 0. The van der Waals surface area contributed by atoms with Crippen LogP contribution in [-0.4, -0.2) is 16.4 Å². The molecule has 0 saturated heterocycles. The number of furan rings is 1. The van der Waals surface area contributed by atoms with Crippen molar-refractivity contribution in [2.75, 3.05) is 6.54 Å². The molecule has 0 atom stereocenters. The Bertz CT molecular complexity index is 671. The Morgan fingerprint density at radius 2 is 2.19 bits per heavy atom. The first kappa shape index (κ1) is 14.3. The van der Waals surface area contributed by atoms with Crippen molar-refractivity contribution in [1.29, 1.82) is 0 Å². The molecule has 0 N–H and O–H groups in total. The fourth-order valence-corrected chi connectivity index (χ4v) is 3.64. The average molecular weight is 316 g/mol. The summed E-state index contributed by atoms with van der Waals surface area (Å²) in [5, 5.41) is 5.14. The summed E-state index contributed by atoms with van der Waals surface area (Å²) < 4.78 is 5.39. The molecule has 0 aliphatic carbocycles. The fourth-order valence-electron chi connectivity index (χ4n) is 2.11. The highest BCUT2D eigenvalue weighted by Gasteiger charge is 2.11. The van der Waals surface area contributed by atoms with Crippen molar-refractivity contribution in [2.45, 2.75) is 13.1 Å². The Kier molecular flexibility index (Phi) is 4.65. The van der Waals surface area contributed by atoms with Gasteiger partial charge in [-0.1, -0.05) is 12.1 Å². The molecule has 0 amide bonds. The van der Waals surface area contributed by atoms with Gasteiger partial charge in [0.2, 0.25) is 0 Å². The first-order valence-corrected chi connectivity index (χ1v) is 8.45. The van der Waals surface area contributed by atoms with E-state index in [9.17, 15) is 0 Å².